The van der Waals surface area contributed by atoms with Crippen LogP contribution in [0.15, 0.2) is 53.6 Å². The molecule has 1 saturated heterocycles. The molecular formula is C26H32IN5O4S. The average molecular weight is 638 g/mol. The maximum Gasteiger partial charge on any atom is 0.229 e. The van der Waals surface area contributed by atoms with Crippen molar-refractivity contribution >= 4 is 55.6 Å². The molecule has 1 aromatic heterocycles. The fraction of sp³-hybridized carbons (Fsp3) is 0.385. The lowest BCUT2D eigenvalue weighted by atomic mass is 10.2. The van der Waals surface area contributed by atoms with E-state index in [-0.39, 0.29) is 11.0 Å². The molecule has 11 heteroatoms. The summed E-state index contributed by atoms with van der Waals surface area (Å²) >= 11 is 2.12. The lowest BCUT2D eigenvalue weighted by Crippen LogP contribution is -2.21. The molecule has 37 heavy (non-hydrogen) atoms. The minimum atomic E-state index is -3.48. The van der Waals surface area contributed by atoms with Gasteiger partial charge in [-0.3, -0.25) is 0 Å². The topological polar surface area (TPSA) is 106 Å². The predicted octanol–water partition coefficient (Wildman–Crippen LogP) is 5.23. The van der Waals surface area contributed by atoms with E-state index in [1.807, 2.05) is 25.1 Å². The zero-order valence-corrected chi connectivity index (χ0v) is 24.3. The number of aromatic nitrogens is 2. The summed E-state index contributed by atoms with van der Waals surface area (Å²) in [6, 6.07) is 12.5. The highest BCUT2D eigenvalue weighted by atomic mass is 127. The van der Waals surface area contributed by atoms with Gasteiger partial charge in [-0.1, -0.05) is 12.1 Å². The van der Waals surface area contributed by atoms with E-state index in [1.54, 1.807) is 44.3 Å². The van der Waals surface area contributed by atoms with Crippen LogP contribution >= 0.6 is 22.6 Å². The number of nitrogens with one attached hydrogen (secondary N) is 2. The van der Waals surface area contributed by atoms with Crippen LogP contribution in [-0.2, 0) is 9.84 Å². The molecule has 0 unspecified atom stereocenters. The fourth-order valence-corrected chi connectivity index (χ4v) is 5.57. The number of sulfone groups is 1. The first-order valence-electron chi connectivity index (χ1n) is 12.2. The van der Waals surface area contributed by atoms with Gasteiger partial charge < -0.3 is 25.0 Å². The minimum Gasteiger partial charge on any atom is -0.492 e. The van der Waals surface area contributed by atoms with Crippen molar-refractivity contribution in [2.75, 3.05) is 37.4 Å². The van der Waals surface area contributed by atoms with Crippen molar-refractivity contribution in [3.8, 4) is 11.5 Å². The second-order valence-electron chi connectivity index (χ2n) is 9.11. The molecule has 0 radical (unpaired) electrons. The number of likely N-dealkylation sites (N-methyl/N-ethyl adjacent to an activating group) is 1. The number of ether oxygens (including phenoxy) is 2. The van der Waals surface area contributed by atoms with E-state index < -0.39 is 15.1 Å². The first-order valence-corrected chi connectivity index (χ1v) is 14.8. The zero-order chi connectivity index (χ0) is 26.6. The largest absolute Gasteiger partial charge is 0.492 e. The number of hydrogen-bond donors (Lipinski definition) is 2. The van der Waals surface area contributed by atoms with E-state index in [2.05, 4.69) is 55.1 Å². The van der Waals surface area contributed by atoms with Crippen LogP contribution in [0, 0.1) is 3.57 Å². The third kappa shape index (κ3) is 6.63. The molecule has 1 aliphatic rings. The molecule has 2 heterocycles. The number of nitrogens with zero attached hydrogens (tertiary/aromatic N) is 3. The van der Waals surface area contributed by atoms with Gasteiger partial charge in [0.2, 0.25) is 5.95 Å². The monoisotopic (exact) mass is 637 g/mol. The number of para-hydroxylation sites is 1. The van der Waals surface area contributed by atoms with Crippen molar-refractivity contribution in [2.45, 2.75) is 43.4 Å². The second kappa shape index (κ2) is 11.8. The number of benzene rings is 2. The normalized spacial score (nSPS) is 16.1. The van der Waals surface area contributed by atoms with Crippen molar-refractivity contribution in [3.63, 3.8) is 0 Å². The van der Waals surface area contributed by atoms with Gasteiger partial charge in [0.25, 0.3) is 0 Å². The van der Waals surface area contributed by atoms with Crippen LogP contribution in [0.1, 0.15) is 27.2 Å². The summed E-state index contributed by atoms with van der Waals surface area (Å²) in [4.78, 5) is 11.5. The molecule has 0 spiro atoms. The molecule has 198 valence electrons. The van der Waals surface area contributed by atoms with Gasteiger partial charge in [0, 0.05) is 25.4 Å². The summed E-state index contributed by atoms with van der Waals surface area (Å²) in [5.41, 5.74) is 1.17. The average Bonchev–Trinajstić information content (AvgIpc) is 3.27. The molecule has 0 amide bonds. The van der Waals surface area contributed by atoms with Gasteiger partial charge in [0.1, 0.15) is 23.4 Å². The Labute approximate surface area is 232 Å². The highest BCUT2D eigenvalue weighted by Crippen LogP contribution is 2.34. The smallest absolute Gasteiger partial charge is 0.229 e. The van der Waals surface area contributed by atoms with Crippen LogP contribution in [0.5, 0.6) is 11.5 Å². The van der Waals surface area contributed by atoms with Crippen LogP contribution in [0.2, 0.25) is 0 Å². The van der Waals surface area contributed by atoms with Gasteiger partial charge in [-0.2, -0.15) is 4.98 Å². The molecule has 1 atom stereocenters. The van der Waals surface area contributed by atoms with E-state index in [4.69, 9.17) is 9.47 Å². The quantitative estimate of drug-likeness (QED) is 0.289. The van der Waals surface area contributed by atoms with Gasteiger partial charge in [0.15, 0.2) is 9.84 Å². The number of halogens is 1. The van der Waals surface area contributed by atoms with E-state index in [0.717, 1.165) is 28.8 Å². The predicted molar refractivity (Wildman–Crippen MR) is 154 cm³/mol. The number of likely N-dealkylation sites (tertiary alicyclic amines) is 1. The van der Waals surface area contributed by atoms with Crippen LogP contribution in [0.3, 0.4) is 0 Å². The van der Waals surface area contributed by atoms with Gasteiger partial charge in [-0.25, -0.2) is 13.4 Å². The van der Waals surface area contributed by atoms with Crippen LogP contribution in [-0.4, -0.2) is 61.4 Å². The number of rotatable bonds is 10. The molecule has 0 saturated carbocycles. The van der Waals surface area contributed by atoms with Crippen LogP contribution in [0.4, 0.5) is 23.1 Å². The van der Waals surface area contributed by atoms with Crippen LogP contribution < -0.4 is 20.1 Å². The summed E-state index contributed by atoms with van der Waals surface area (Å²) in [6.45, 7) is 7.68. The summed E-state index contributed by atoms with van der Waals surface area (Å²) in [7, 11) is -1.39. The molecule has 1 fully saturated rings. The number of anilines is 4. The Morgan fingerprint density at radius 2 is 1.95 bits per heavy atom. The number of hydrogen-bond acceptors (Lipinski definition) is 9. The third-order valence-corrected chi connectivity index (χ3v) is 8.96. The Kier molecular flexibility index (Phi) is 8.75. The Balaban J connectivity index is 1.57. The molecular weight excluding hydrogens is 605 g/mol. The first kappa shape index (κ1) is 27.4. The Morgan fingerprint density at radius 1 is 1.16 bits per heavy atom. The van der Waals surface area contributed by atoms with E-state index in [1.165, 1.54) is 0 Å². The molecule has 4 rings (SSSR count). The van der Waals surface area contributed by atoms with E-state index in [0.29, 0.717) is 35.5 Å². The maximum atomic E-state index is 12.9. The van der Waals surface area contributed by atoms with Gasteiger partial charge in [-0.15, -0.1) is 0 Å². The lowest BCUT2D eigenvalue weighted by Gasteiger charge is -2.17. The van der Waals surface area contributed by atoms with Crippen molar-refractivity contribution in [2.24, 2.45) is 0 Å². The van der Waals surface area contributed by atoms with E-state index >= 15 is 0 Å². The molecule has 0 aliphatic carbocycles. The molecule has 0 bridgehead atoms. The van der Waals surface area contributed by atoms with Gasteiger partial charge >= 0.3 is 0 Å². The van der Waals surface area contributed by atoms with Gasteiger partial charge in [0.05, 0.1) is 31.7 Å². The zero-order valence-electron chi connectivity index (χ0n) is 21.4. The molecule has 3 aromatic rings. The summed E-state index contributed by atoms with van der Waals surface area (Å²) in [5.74, 6) is 2.23. The van der Waals surface area contributed by atoms with Crippen molar-refractivity contribution < 1.29 is 17.9 Å². The third-order valence-electron chi connectivity index (χ3n) is 5.96. The SMILES string of the molecule is CCOc1cc(O[C@@H]2CCN(C)C2)ccc1Nc1ncc(I)c(Nc2ccccc2S(=O)(=O)C(C)C)n1. The van der Waals surface area contributed by atoms with Crippen molar-refractivity contribution in [1.82, 2.24) is 14.9 Å². The lowest BCUT2D eigenvalue weighted by molar-refractivity contribution is 0.207. The Bertz CT molecular complexity index is 1350. The molecule has 9 nitrogen and oxygen atoms in total. The summed E-state index contributed by atoms with van der Waals surface area (Å²) in [6.07, 6.45) is 2.83. The van der Waals surface area contributed by atoms with Gasteiger partial charge in [-0.05, 0) is 81.1 Å². The van der Waals surface area contributed by atoms with Crippen LogP contribution in [0.25, 0.3) is 0 Å². The summed E-state index contributed by atoms with van der Waals surface area (Å²) in [5, 5.41) is 5.87. The van der Waals surface area contributed by atoms with Crippen molar-refractivity contribution in [1.29, 1.82) is 0 Å². The van der Waals surface area contributed by atoms with E-state index in [9.17, 15) is 8.42 Å². The molecule has 1 aliphatic heterocycles. The molecule has 2 N–H and O–H groups in total. The maximum absolute atomic E-state index is 12.9. The summed E-state index contributed by atoms with van der Waals surface area (Å²) < 4.78 is 38.5. The Hall–Kier alpha value is -2.64. The molecule has 2 aromatic carbocycles. The standard InChI is InChI=1S/C26H32IN5O4S/c1-5-35-23-14-18(36-19-12-13-32(4)16-19)10-11-21(23)30-26-28-15-20(27)25(31-26)29-22-8-6-7-9-24(22)37(33,34)17(2)3/h6-11,14-15,17,19H,5,12-13,16H2,1-4H3,(H2,28,29,30,31)/t19-/m1/s1. The fourth-order valence-electron chi connectivity index (χ4n) is 3.97. The van der Waals surface area contributed by atoms with Crippen molar-refractivity contribution in [3.05, 3.63) is 52.2 Å². The Morgan fingerprint density at radius 3 is 2.65 bits per heavy atom. The highest BCUT2D eigenvalue weighted by Gasteiger charge is 2.24. The highest BCUT2D eigenvalue weighted by molar-refractivity contribution is 14.1. The second-order valence-corrected chi connectivity index (χ2v) is 12.7. The first-order chi connectivity index (χ1) is 17.7. The minimum absolute atomic E-state index is 0.161.